The molecule has 0 spiro atoms. The van der Waals surface area contributed by atoms with Gasteiger partial charge in [0.1, 0.15) is 5.75 Å². The minimum atomic E-state index is -0.508. The average molecular weight is 321 g/mol. The summed E-state index contributed by atoms with van der Waals surface area (Å²) in [6, 6.07) is 8.50. The number of carbonyl (C=O) groups excluding carboxylic acids is 1. The van der Waals surface area contributed by atoms with Crippen molar-refractivity contribution in [2.45, 2.75) is 13.8 Å². The van der Waals surface area contributed by atoms with Gasteiger partial charge in [-0.1, -0.05) is 17.7 Å². The molecule has 0 N–H and O–H groups in total. The molecule has 0 bridgehead atoms. The Balaban J connectivity index is 2.29. The third kappa shape index (κ3) is 3.34. The van der Waals surface area contributed by atoms with Gasteiger partial charge in [-0.2, -0.15) is 0 Å². The number of esters is 1. The standard InChI is InChI=1S/C17H17ClO4/c1-10-5-6-13(7-11(10)2)22-17(19)12-8-14(18)16(21-4)15(9-12)20-3/h5-9H,1-4H3. The second kappa shape index (κ2) is 6.71. The number of benzene rings is 2. The molecule has 0 fully saturated rings. The maximum Gasteiger partial charge on any atom is 0.343 e. The van der Waals surface area contributed by atoms with Crippen molar-refractivity contribution in [1.29, 1.82) is 0 Å². The molecule has 4 nitrogen and oxygen atoms in total. The number of halogens is 1. The Labute approximate surface area is 134 Å². The van der Waals surface area contributed by atoms with Gasteiger partial charge in [-0.25, -0.2) is 4.79 Å². The SMILES string of the molecule is COc1cc(C(=O)Oc2ccc(C)c(C)c2)cc(Cl)c1OC. The summed E-state index contributed by atoms with van der Waals surface area (Å²) in [5.41, 5.74) is 2.48. The van der Waals surface area contributed by atoms with E-state index >= 15 is 0 Å². The summed E-state index contributed by atoms with van der Waals surface area (Å²) in [4.78, 5) is 12.3. The van der Waals surface area contributed by atoms with Crippen LogP contribution in [-0.4, -0.2) is 20.2 Å². The lowest BCUT2D eigenvalue weighted by Crippen LogP contribution is -2.09. The van der Waals surface area contributed by atoms with Crippen LogP contribution in [0.1, 0.15) is 21.5 Å². The highest BCUT2D eigenvalue weighted by molar-refractivity contribution is 6.32. The van der Waals surface area contributed by atoms with Gasteiger partial charge in [0.2, 0.25) is 0 Å². The number of ether oxygens (including phenoxy) is 3. The van der Waals surface area contributed by atoms with E-state index < -0.39 is 5.97 Å². The molecule has 0 saturated heterocycles. The Morgan fingerprint density at radius 1 is 1.00 bits per heavy atom. The molecule has 2 aromatic rings. The highest BCUT2D eigenvalue weighted by Gasteiger charge is 2.17. The maximum absolute atomic E-state index is 12.3. The minimum Gasteiger partial charge on any atom is -0.493 e. The van der Waals surface area contributed by atoms with Crippen molar-refractivity contribution in [3.63, 3.8) is 0 Å². The highest BCUT2D eigenvalue weighted by Crippen LogP contribution is 2.36. The molecule has 5 heteroatoms. The first-order valence-electron chi connectivity index (χ1n) is 6.67. The van der Waals surface area contributed by atoms with Crippen molar-refractivity contribution in [3.05, 3.63) is 52.0 Å². The van der Waals surface area contributed by atoms with Crippen molar-refractivity contribution < 1.29 is 19.0 Å². The molecule has 0 heterocycles. The number of methoxy groups -OCH3 is 2. The van der Waals surface area contributed by atoms with Gasteiger partial charge in [0.15, 0.2) is 11.5 Å². The van der Waals surface area contributed by atoms with Crippen LogP contribution in [0.3, 0.4) is 0 Å². The van der Waals surface area contributed by atoms with Gasteiger partial charge in [-0.05, 0) is 49.2 Å². The van der Waals surface area contributed by atoms with Crippen LogP contribution in [0.5, 0.6) is 17.2 Å². The molecule has 0 radical (unpaired) electrons. The number of hydrogen-bond acceptors (Lipinski definition) is 4. The number of hydrogen-bond donors (Lipinski definition) is 0. The fourth-order valence-corrected chi connectivity index (χ4v) is 2.27. The van der Waals surface area contributed by atoms with Gasteiger partial charge < -0.3 is 14.2 Å². The molecule has 0 saturated carbocycles. The summed E-state index contributed by atoms with van der Waals surface area (Å²) in [6.45, 7) is 3.95. The highest BCUT2D eigenvalue weighted by atomic mass is 35.5. The summed E-state index contributed by atoms with van der Waals surface area (Å²) in [6.07, 6.45) is 0. The Bertz CT molecular complexity index is 710. The molecule has 0 aliphatic heterocycles. The van der Waals surface area contributed by atoms with Crippen LogP contribution in [0.15, 0.2) is 30.3 Å². The Morgan fingerprint density at radius 2 is 1.73 bits per heavy atom. The van der Waals surface area contributed by atoms with E-state index in [1.165, 1.54) is 26.4 Å². The van der Waals surface area contributed by atoms with E-state index in [-0.39, 0.29) is 5.02 Å². The zero-order valence-corrected chi connectivity index (χ0v) is 13.7. The average Bonchev–Trinajstić information content (AvgIpc) is 2.50. The third-order valence-corrected chi connectivity index (χ3v) is 3.64. The van der Waals surface area contributed by atoms with Crippen molar-refractivity contribution in [3.8, 4) is 17.2 Å². The third-order valence-electron chi connectivity index (χ3n) is 3.36. The normalized spacial score (nSPS) is 10.2. The molecule has 0 aliphatic carbocycles. The predicted molar refractivity (Wildman–Crippen MR) is 85.4 cm³/mol. The fraction of sp³-hybridized carbons (Fsp3) is 0.235. The van der Waals surface area contributed by atoms with Crippen molar-refractivity contribution >= 4 is 17.6 Å². The Morgan fingerprint density at radius 3 is 2.32 bits per heavy atom. The molecule has 116 valence electrons. The first-order chi connectivity index (χ1) is 10.5. The molecule has 0 aliphatic rings. The monoisotopic (exact) mass is 320 g/mol. The zero-order chi connectivity index (χ0) is 16.3. The predicted octanol–water partition coefficient (Wildman–Crippen LogP) is 4.19. The van der Waals surface area contributed by atoms with Crippen LogP contribution in [0.2, 0.25) is 5.02 Å². The lowest BCUT2D eigenvalue weighted by Gasteiger charge is -2.12. The van der Waals surface area contributed by atoms with Crippen LogP contribution >= 0.6 is 11.6 Å². The molecule has 0 atom stereocenters. The van der Waals surface area contributed by atoms with Crippen molar-refractivity contribution in [2.75, 3.05) is 14.2 Å². The van der Waals surface area contributed by atoms with E-state index in [4.69, 9.17) is 25.8 Å². The number of rotatable bonds is 4. The molecule has 0 aromatic heterocycles. The smallest absolute Gasteiger partial charge is 0.343 e. The van der Waals surface area contributed by atoms with E-state index in [1.54, 1.807) is 6.07 Å². The summed E-state index contributed by atoms with van der Waals surface area (Å²) in [5, 5.41) is 0.286. The second-order valence-corrected chi connectivity index (χ2v) is 5.24. The summed E-state index contributed by atoms with van der Waals surface area (Å²) >= 11 is 6.09. The minimum absolute atomic E-state index is 0.286. The van der Waals surface area contributed by atoms with Crippen LogP contribution in [-0.2, 0) is 0 Å². The van der Waals surface area contributed by atoms with Crippen LogP contribution < -0.4 is 14.2 Å². The van der Waals surface area contributed by atoms with Gasteiger partial charge in [0.05, 0.1) is 24.8 Å². The molecule has 22 heavy (non-hydrogen) atoms. The van der Waals surface area contributed by atoms with E-state index in [0.717, 1.165) is 11.1 Å². The number of aryl methyl sites for hydroxylation is 2. The first kappa shape index (κ1) is 16.2. The van der Waals surface area contributed by atoms with E-state index in [2.05, 4.69) is 0 Å². The Hall–Kier alpha value is -2.20. The topological polar surface area (TPSA) is 44.8 Å². The largest absolute Gasteiger partial charge is 0.493 e. The Kier molecular flexibility index (Phi) is 4.93. The number of carbonyl (C=O) groups is 1. The molecular weight excluding hydrogens is 304 g/mol. The van der Waals surface area contributed by atoms with Crippen LogP contribution in [0, 0.1) is 13.8 Å². The zero-order valence-electron chi connectivity index (χ0n) is 12.9. The summed E-state index contributed by atoms with van der Waals surface area (Å²) in [5.74, 6) is 0.735. The van der Waals surface area contributed by atoms with E-state index in [0.29, 0.717) is 22.8 Å². The van der Waals surface area contributed by atoms with Gasteiger partial charge >= 0.3 is 5.97 Å². The lowest BCUT2D eigenvalue weighted by atomic mass is 10.1. The van der Waals surface area contributed by atoms with Gasteiger partial charge in [-0.3, -0.25) is 0 Å². The summed E-state index contributed by atoms with van der Waals surface area (Å²) < 4.78 is 15.7. The molecule has 2 rings (SSSR count). The first-order valence-corrected chi connectivity index (χ1v) is 7.05. The van der Waals surface area contributed by atoms with Gasteiger partial charge in [0.25, 0.3) is 0 Å². The van der Waals surface area contributed by atoms with E-state index in [1.807, 2.05) is 26.0 Å². The molecule has 0 unspecified atom stereocenters. The quantitative estimate of drug-likeness (QED) is 0.626. The van der Waals surface area contributed by atoms with Gasteiger partial charge in [-0.15, -0.1) is 0 Å². The van der Waals surface area contributed by atoms with Crippen LogP contribution in [0.4, 0.5) is 0 Å². The van der Waals surface area contributed by atoms with E-state index in [9.17, 15) is 4.79 Å². The summed E-state index contributed by atoms with van der Waals surface area (Å²) in [7, 11) is 2.96. The van der Waals surface area contributed by atoms with Crippen molar-refractivity contribution in [2.24, 2.45) is 0 Å². The van der Waals surface area contributed by atoms with Gasteiger partial charge in [0, 0.05) is 0 Å². The van der Waals surface area contributed by atoms with Crippen molar-refractivity contribution in [1.82, 2.24) is 0 Å². The molecule has 0 amide bonds. The second-order valence-electron chi connectivity index (χ2n) is 4.83. The fourth-order valence-electron chi connectivity index (χ4n) is 1.98. The molecular formula is C17H17ClO4. The lowest BCUT2D eigenvalue weighted by molar-refractivity contribution is 0.0734. The van der Waals surface area contributed by atoms with Crippen LogP contribution in [0.25, 0.3) is 0 Å². The molecule has 2 aromatic carbocycles. The maximum atomic E-state index is 12.3.